The molecule has 0 bridgehead atoms. The zero-order valence-corrected chi connectivity index (χ0v) is 18.1. The molecular weight excluding hydrogens is 488 g/mol. The van der Waals surface area contributed by atoms with E-state index in [1.165, 1.54) is 30.3 Å². The molecule has 2 aromatic carbocycles. The Bertz CT molecular complexity index is 1220. The smallest absolute Gasteiger partial charge is 0.396 e. The number of hydrogen-bond acceptors (Lipinski definition) is 4. The van der Waals surface area contributed by atoms with Crippen LogP contribution in [0.15, 0.2) is 36.4 Å². The Morgan fingerprint density at radius 2 is 1.70 bits per heavy atom. The molecule has 0 aliphatic carbocycles. The number of halogens is 5. The SMILES string of the molecule is O=C(O)CNC(=O)Cn1c(CC(F)(F)F)nc2c(NC(=O)c3c(Cl)cccc3Cl)cccc21. The van der Waals surface area contributed by atoms with Crippen molar-refractivity contribution in [1.82, 2.24) is 14.9 Å². The molecule has 1 heterocycles. The van der Waals surface area contributed by atoms with Crippen molar-refractivity contribution in [3.63, 3.8) is 0 Å². The van der Waals surface area contributed by atoms with E-state index in [9.17, 15) is 27.6 Å². The Morgan fingerprint density at radius 1 is 1.06 bits per heavy atom. The average Bonchev–Trinajstić information content (AvgIpc) is 3.03. The van der Waals surface area contributed by atoms with Gasteiger partial charge >= 0.3 is 12.1 Å². The number of para-hydroxylation sites is 1. The van der Waals surface area contributed by atoms with Crippen LogP contribution in [-0.2, 0) is 22.6 Å². The van der Waals surface area contributed by atoms with Gasteiger partial charge in [-0.2, -0.15) is 13.2 Å². The van der Waals surface area contributed by atoms with Crippen LogP contribution in [0.5, 0.6) is 0 Å². The van der Waals surface area contributed by atoms with Gasteiger partial charge < -0.3 is 20.3 Å². The first kappa shape index (κ1) is 24.3. The molecule has 0 fully saturated rings. The van der Waals surface area contributed by atoms with Crippen LogP contribution in [0.2, 0.25) is 10.0 Å². The van der Waals surface area contributed by atoms with Gasteiger partial charge in [-0.05, 0) is 24.3 Å². The van der Waals surface area contributed by atoms with E-state index in [0.717, 1.165) is 4.57 Å². The molecule has 0 radical (unpaired) electrons. The number of benzene rings is 2. The summed E-state index contributed by atoms with van der Waals surface area (Å²) in [7, 11) is 0. The van der Waals surface area contributed by atoms with E-state index >= 15 is 0 Å². The van der Waals surface area contributed by atoms with E-state index in [1.54, 1.807) is 6.07 Å². The van der Waals surface area contributed by atoms with Crippen LogP contribution >= 0.6 is 23.2 Å². The Morgan fingerprint density at radius 3 is 2.30 bits per heavy atom. The minimum absolute atomic E-state index is 0.000638. The van der Waals surface area contributed by atoms with Gasteiger partial charge in [0.05, 0.1) is 26.8 Å². The number of fused-ring (bicyclic) bond motifs is 1. The Hall–Kier alpha value is -3.31. The predicted octanol–water partition coefficient (Wildman–Crippen LogP) is 3.90. The number of aromatic nitrogens is 2. The van der Waals surface area contributed by atoms with Crippen molar-refractivity contribution in [2.75, 3.05) is 11.9 Å². The maximum absolute atomic E-state index is 13.1. The third kappa shape index (κ3) is 5.93. The highest BCUT2D eigenvalue weighted by Gasteiger charge is 2.32. The molecule has 0 aliphatic heterocycles. The number of nitrogens with one attached hydrogen (secondary N) is 2. The summed E-state index contributed by atoms with van der Waals surface area (Å²) in [5, 5.41) is 13.5. The molecule has 3 aromatic rings. The molecule has 0 spiro atoms. The van der Waals surface area contributed by atoms with E-state index in [0.29, 0.717) is 0 Å². The van der Waals surface area contributed by atoms with E-state index in [1.807, 2.05) is 0 Å². The third-order valence-electron chi connectivity index (χ3n) is 4.39. The fourth-order valence-electron chi connectivity index (χ4n) is 3.06. The fourth-order valence-corrected chi connectivity index (χ4v) is 3.63. The van der Waals surface area contributed by atoms with Crippen LogP contribution in [0.25, 0.3) is 11.0 Å². The van der Waals surface area contributed by atoms with E-state index in [2.05, 4.69) is 15.6 Å². The summed E-state index contributed by atoms with van der Waals surface area (Å²) in [5.74, 6) is -3.32. The number of carbonyl (C=O) groups excluding carboxylic acids is 2. The van der Waals surface area contributed by atoms with Crippen LogP contribution < -0.4 is 10.6 Å². The number of amides is 2. The van der Waals surface area contributed by atoms with Gasteiger partial charge in [0, 0.05) is 0 Å². The minimum Gasteiger partial charge on any atom is -0.480 e. The van der Waals surface area contributed by atoms with Crippen molar-refractivity contribution in [2.24, 2.45) is 0 Å². The van der Waals surface area contributed by atoms with Gasteiger partial charge in [0.1, 0.15) is 30.9 Å². The number of hydrogen-bond donors (Lipinski definition) is 3. The van der Waals surface area contributed by atoms with Crippen molar-refractivity contribution >= 4 is 57.7 Å². The van der Waals surface area contributed by atoms with Gasteiger partial charge in [0.15, 0.2) is 0 Å². The number of carboxylic acid groups (broad SMARTS) is 1. The first-order chi connectivity index (χ1) is 15.5. The van der Waals surface area contributed by atoms with E-state index in [-0.39, 0.29) is 32.3 Å². The van der Waals surface area contributed by atoms with Crippen LogP contribution in [0.4, 0.5) is 18.9 Å². The largest absolute Gasteiger partial charge is 0.480 e. The topological polar surface area (TPSA) is 113 Å². The molecule has 2 amide bonds. The number of nitrogens with zero attached hydrogens (tertiary/aromatic N) is 2. The lowest BCUT2D eigenvalue weighted by Gasteiger charge is -2.11. The van der Waals surface area contributed by atoms with Crippen LogP contribution in [-0.4, -0.2) is 45.2 Å². The lowest BCUT2D eigenvalue weighted by molar-refractivity contribution is -0.138. The molecule has 1 aromatic heterocycles. The van der Waals surface area contributed by atoms with Crippen LogP contribution in [0.3, 0.4) is 0 Å². The third-order valence-corrected chi connectivity index (χ3v) is 5.02. The first-order valence-electron chi connectivity index (χ1n) is 9.25. The number of anilines is 1. The number of rotatable bonds is 7. The van der Waals surface area contributed by atoms with Crippen molar-refractivity contribution in [3.05, 3.63) is 57.8 Å². The van der Waals surface area contributed by atoms with Gasteiger partial charge in [-0.25, -0.2) is 4.98 Å². The molecule has 13 heteroatoms. The summed E-state index contributed by atoms with van der Waals surface area (Å²) >= 11 is 12.1. The molecule has 3 N–H and O–H groups in total. The number of aliphatic carboxylic acids is 1. The molecule has 0 unspecified atom stereocenters. The highest BCUT2D eigenvalue weighted by Crippen LogP contribution is 2.30. The summed E-state index contributed by atoms with van der Waals surface area (Å²) < 4.78 is 40.4. The molecular formula is C20H15Cl2F3N4O4. The molecule has 3 rings (SSSR count). The highest BCUT2D eigenvalue weighted by molar-refractivity contribution is 6.40. The summed E-state index contributed by atoms with van der Waals surface area (Å²) in [6.07, 6.45) is -6.08. The lowest BCUT2D eigenvalue weighted by atomic mass is 10.2. The number of carboxylic acids is 1. The molecule has 33 heavy (non-hydrogen) atoms. The second kappa shape index (κ2) is 9.67. The summed E-state index contributed by atoms with van der Waals surface area (Å²) in [6.45, 7) is -1.30. The van der Waals surface area contributed by atoms with E-state index < -0.39 is 49.3 Å². The molecule has 0 saturated heterocycles. The van der Waals surface area contributed by atoms with E-state index in [4.69, 9.17) is 28.3 Å². The van der Waals surface area contributed by atoms with Gasteiger partial charge in [0.25, 0.3) is 5.91 Å². The number of imidazole rings is 1. The zero-order valence-electron chi connectivity index (χ0n) is 16.5. The molecule has 8 nitrogen and oxygen atoms in total. The summed E-state index contributed by atoms with van der Waals surface area (Å²) in [4.78, 5) is 39.5. The van der Waals surface area contributed by atoms with Crippen LogP contribution in [0, 0.1) is 0 Å². The van der Waals surface area contributed by atoms with Crippen molar-refractivity contribution < 1.29 is 32.7 Å². The standard InChI is InChI=1S/C20H15Cl2F3N4O4/c21-10-3-1-4-11(22)17(10)19(33)27-12-5-2-6-13-18(12)28-14(7-20(23,24)25)29(13)9-15(30)26-8-16(31)32/h1-6H,7-9H2,(H,26,30)(H,27,33)(H,31,32). The first-order valence-corrected chi connectivity index (χ1v) is 10.0. The quantitative estimate of drug-likeness (QED) is 0.453. The highest BCUT2D eigenvalue weighted by atomic mass is 35.5. The summed E-state index contributed by atoms with van der Waals surface area (Å²) in [5.41, 5.74) is 0.171. The van der Waals surface area contributed by atoms with Gasteiger partial charge in [-0.1, -0.05) is 35.3 Å². The number of alkyl halides is 3. The molecule has 0 saturated carbocycles. The van der Waals surface area contributed by atoms with Gasteiger partial charge in [-0.15, -0.1) is 0 Å². The molecule has 0 atom stereocenters. The predicted molar refractivity (Wildman–Crippen MR) is 115 cm³/mol. The van der Waals surface area contributed by atoms with Gasteiger partial charge in [0.2, 0.25) is 5.91 Å². The Kier molecular flexibility index (Phi) is 7.13. The Labute approximate surface area is 194 Å². The van der Waals surface area contributed by atoms with Crippen molar-refractivity contribution in [1.29, 1.82) is 0 Å². The minimum atomic E-state index is -4.63. The van der Waals surface area contributed by atoms with Crippen molar-refractivity contribution in [3.8, 4) is 0 Å². The zero-order chi connectivity index (χ0) is 24.3. The van der Waals surface area contributed by atoms with Crippen LogP contribution in [0.1, 0.15) is 16.2 Å². The normalized spacial score (nSPS) is 11.4. The maximum Gasteiger partial charge on any atom is 0.396 e. The fraction of sp³-hybridized carbons (Fsp3) is 0.200. The second-order valence-electron chi connectivity index (χ2n) is 6.80. The monoisotopic (exact) mass is 502 g/mol. The summed E-state index contributed by atoms with van der Waals surface area (Å²) in [6, 6.07) is 8.75. The number of carbonyl (C=O) groups is 3. The van der Waals surface area contributed by atoms with Crippen molar-refractivity contribution in [2.45, 2.75) is 19.1 Å². The maximum atomic E-state index is 13.1. The lowest BCUT2D eigenvalue weighted by Crippen LogP contribution is -2.32. The van der Waals surface area contributed by atoms with Gasteiger partial charge in [-0.3, -0.25) is 14.4 Å². The average molecular weight is 503 g/mol. The molecule has 174 valence electrons. The Balaban J connectivity index is 2.02. The molecule has 0 aliphatic rings. The second-order valence-corrected chi connectivity index (χ2v) is 7.62.